The molecule has 1 atom stereocenters. The standard InChI is InChI=1S/C19H25N3/c1-16-5-4-12-22(14-16)15-17-7-9-18(10-8-17)21-13-19-6-2-3-11-20-19/h2-3,6-11,16,21H,4-5,12-15H2,1H3. The van der Waals surface area contributed by atoms with Gasteiger partial charge in [0.15, 0.2) is 0 Å². The lowest BCUT2D eigenvalue weighted by Crippen LogP contribution is -2.33. The van der Waals surface area contributed by atoms with Gasteiger partial charge in [0.25, 0.3) is 0 Å². The second-order valence-corrected chi connectivity index (χ2v) is 6.35. The van der Waals surface area contributed by atoms with Crippen LogP contribution in [0, 0.1) is 5.92 Å². The Labute approximate surface area is 133 Å². The minimum absolute atomic E-state index is 0.768. The summed E-state index contributed by atoms with van der Waals surface area (Å²) < 4.78 is 0. The molecule has 1 fully saturated rings. The number of rotatable bonds is 5. The summed E-state index contributed by atoms with van der Waals surface area (Å²) in [7, 11) is 0. The van der Waals surface area contributed by atoms with Crippen molar-refractivity contribution in [1.29, 1.82) is 0 Å². The normalized spacial score (nSPS) is 19.0. The van der Waals surface area contributed by atoms with Crippen LogP contribution in [0.15, 0.2) is 48.7 Å². The zero-order valence-electron chi connectivity index (χ0n) is 13.3. The average Bonchev–Trinajstić information content (AvgIpc) is 2.55. The van der Waals surface area contributed by atoms with Gasteiger partial charge in [-0.15, -0.1) is 0 Å². The molecule has 2 aromatic rings. The number of pyridine rings is 1. The van der Waals surface area contributed by atoms with E-state index in [4.69, 9.17) is 0 Å². The number of hydrogen-bond donors (Lipinski definition) is 1. The highest BCUT2D eigenvalue weighted by Gasteiger charge is 2.15. The second kappa shape index (κ2) is 7.41. The van der Waals surface area contributed by atoms with Crippen LogP contribution in [0.4, 0.5) is 5.69 Å². The third kappa shape index (κ3) is 4.31. The van der Waals surface area contributed by atoms with Crippen molar-refractivity contribution < 1.29 is 0 Å². The number of likely N-dealkylation sites (tertiary alicyclic amines) is 1. The first-order valence-electron chi connectivity index (χ1n) is 8.25. The number of hydrogen-bond acceptors (Lipinski definition) is 3. The molecule has 1 aliphatic heterocycles. The summed E-state index contributed by atoms with van der Waals surface area (Å²) in [5, 5.41) is 3.42. The fourth-order valence-electron chi connectivity index (χ4n) is 3.11. The minimum Gasteiger partial charge on any atom is -0.379 e. The molecule has 1 N–H and O–H groups in total. The summed E-state index contributed by atoms with van der Waals surface area (Å²) in [4.78, 5) is 6.90. The van der Waals surface area contributed by atoms with Gasteiger partial charge in [-0.05, 0) is 55.1 Å². The number of piperidine rings is 1. The van der Waals surface area contributed by atoms with Gasteiger partial charge in [0, 0.05) is 25.0 Å². The van der Waals surface area contributed by atoms with Crippen LogP contribution in [0.1, 0.15) is 31.0 Å². The van der Waals surface area contributed by atoms with Crippen LogP contribution in [0.3, 0.4) is 0 Å². The molecule has 116 valence electrons. The van der Waals surface area contributed by atoms with Crippen LogP contribution < -0.4 is 5.32 Å². The minimum atomic E-state index is 0.768. The number of anilines is 1. The molecule has 1 unspecified atom stereocenters. The molecule has 0 amide bonds. The Balaban J connectivity index is 1.51. The van der Waals surface area contributed by atoms with E-state index in [2.05, 4.69) is 46.4 Å². The SMILES string of the molecule is CC1CCCN(Cc2ccc(NCc3ccccn3)cc2)C1. The maximum atomic E-state index is 4.33. The number of aromatic nitrogens is 1. The summed E-state index contributed by atoms with van der Waals surface area (Å²) in [6.07, 6.45) is 4.55. The topological polar surface area (TPSA) is 28.2 Å². The number of nitrogens with zero attached hydrogens (tertiary/aromatic N) is 2. The first-order valence-corrected chi connectivity index (χ1v) is 8.25. The predicted molar refractivity (Wildman–Crippen MR) is 91.7 cm³/mol. The smallest absolute Gasteiger partial charge is 0.0594 e. The second-order valence-electron chi connectivity index (χ2n) is 6.35. The van der Waals surface area contributed by atoms with Crippen molar-refractivity contribution in [3.63, 3.8) is 0 Å². The van der Waals surface area contributed by atoms with E-state index in [1.165, 1.54) is 31.5 Å². The third-order valence-electron chi connectivity index (χ3n) is 4.30. The van der Waals surface area contributed by atoms with Crippen LogP contribution in [-0.4, -0.2) is 23.0 Å². The molecule has 3 nitrogen and oxygen atoms in total. The zero-order chi connectivity index (χ0) is 15.2. The lowest BCUT2D eigenvalue weighted by Gasteiger charge is -2.30. The molecule has 0 saturated carbocycles. The summed E-state index contributed by atoms with van der Waals surface area (Å²) in [5.41, 5.74) is 3.62. The van der Waals surface area contributed by atoms with Gasteiger partial charge >= 0.3 is 0 Å². The van der Waals surface area contributed by atoms with E-state index in [0.717, 1.165) is 30.4 Å². The van der Waals surface area contributed by atoms with E-state index in [1.54, 1.807) is 0 Å². The monoisotopic (exact) mass is 295 g/mol. The van der Waals surface area contributed by atoms with E-state index >= 15 is 0 Å². The van der Waals surface area contributed by atoms with Gasteiger partial charge in [-0.2, -0.15) is 0 Å². The van der Waals surface area contributed by atoms with E-state index in [-0.39, 0.29) is 0 Å². The molecule has 1 saturated heterocycles. The quantitative estimate of drug-likeness (QED) is 0.906. The van der Waals surface area contributed by atoms with Crippen molar-refractivity contribution in [2.45, 2.75) is 32.9 Å². The van der Waals surface area contributed by atoms with Crippen molar-refractivity contribution in [3.8, 4) is 0 Å². The van der Waals surface area contributed by atoms with Gasteiger partial charge in [-0.25, -0.2) is 0 Å². The molecule has 1 aromatic heterocycles. The van der Waals surface area contributed by atoms with E-state index in [9.17, 15) is 0 Å². The fourth-order valence-corrected chi connectivity index (χ4v) is 3.11. The molecule has 3 heteroatoms. The summed E-state index contributed by atoms with van der Waals surface area (Å²) >= 11 is 0. The molecule has 0 radical (unpaired) electrons. The molecule has 0 bridgehead atoms. The summed E-state index contributed by atoms with van der Waals surface area (Å²) in [6, 6.07) is 14.8. The largest absolute Gasteiger partial charge is 0.379 e. The van der Waals surface area contributed by atoms with Crippen molar-refractivity contribution in [3.05, 3.63) is 59.9 Å². The summed E-state index contributed by atoms with van der Waals surface area (Å²) in [6.45, 7) is 6.68. The van der Waals surface area contributed by atoms with E-state index in [1.807, 2.05) is 24.4 Å². The Morgan fingerprint density at radius 2 is 2.05 bits per heavy atom. The predicted octanol–water partition coefficient (Wildman–Crippen LogP) is 3.93. The van der Waals surface area contributed by atoms with Crippen LogP contribution >= 0.6 is 0 Å². The Hall–Kier alpha value is -1.87. The fraction of sp³-hybridized carbons (Fsp3) is 0.421. The van der Waals surface area contributed by atoms with Gasteiger partial charge in [0.1, 0.15) is 0 Å². The van der Waals surface area contributed by atoms with Crippen molar-refractivity contribution >= 4 is 5.69 Å². The van der Waals surface area contributed by atoms with Gasteiger partial charge < -0.3 is 5.32 Å². The van der Waals surface area contributed by atoms with Gasteiger partial charge in [-0.1, -0.05) is 25.1 Å². The first kappa shape index (κ1) is 15.0. The molecule has 2 heterocycles. The molecule has 22 heavy (non-hydrogen) atoms. The number of benzene rings is 1. The molecule has 3 rings (SSSR count). The number of nitrogens with one attached hydrogen (secondary N) is 1. The highest BCUT2D eigenvalue weighted by molar-refractivity contribution is 5.44. The molecule has 1 aliphatic rings. The van der Waals surface area contributed by atoms with Crippen molar-refractivity contribution in [2.24, 2.45) is 5.92 Å². The lowest BCUT2D eigenvalue weighted by atomic mass is 10.00. The van der Waals surface area contributed by atoms with Crippen molar-refractivity contribution in [2.75, 3.05) is 18.4 Å². The molecule has 1 aromatic carbocycles. The highest BCUT2D eigenvalue weighted by Crippen LogP contribution is 2.19. The van der Waals surface area contributed by atoms with Crippen LogP contribution in [0.25, 0.3) is 0 Å². The van der Waals surface area contributed by atoms with Gasteiger partial charge in [-0.3, -0.25) is 9.88 Å². The average molecular weight is 295 g/mol. The summed E-state index contributed by atoms with van der Waals surface area (Å²) in [5.74, 6) is 0.841. The van der Waals surface area contributed by atoms with E-state index < -0.39 is 0 Å². The van der Waals surface area contributed by atoms with Crippen LogP contribution in [0.5, 0.6) is 0 Å². The van der Waals surface area contributed by atoms with Crippen LogP contribution in [0.2, 0.25) is 0 Å². The Bertz CT molecular complexity index is 565. The first-order chi connectivity index (χ1) is 10.8. The third-order valence-corrected chi connectivity index (χ3v) is 4.30. The van der Waals surface area contributed by atoms with Gasteiger partial charge in [0.2, 0.25) is 0 Å². The van der Waals surface area contributed by atoms with Gasteiger partial charge in [0.05, 0.1) is 12.2 Å². The van der Waals surface area contributed by atoms with Crippen LogP contribution in [-0.2, 0) is 13.1 Å². The lowest BCUT2D eigenvalue weighted by molar-refractivity contribution is 0.176. The Morgan fingerprint density at radius 1 is 1.18 bits per heavy atom. The Kier molecular flexibility index (Phi) is 5.07. The van der Waals surface area contributed by atoms with E-state index in [0.29, 0.717) is 0 Å². The molecule has 0 aliphatic carbocycles. The highest BCUT2D eigenvalue weighted by atomic mass is 15.1. The Morgan fingerprint density at radius 3 is 2.77 bits per heavy atom. The molecular weight excluding hydrogens is 270 g/mol. The molecule has 0 spiro atoms. The van der Waals surface area contributed by atoms with Crippen molar-refractivity contribution in [1.82, 2.24) is 9.88 Å². The maximum absolute atomic E-state index is 4.33. The zero-order valence-corrected chi connectivity index (χ0v) is 13.3. The molecular formula is C19H25N3. The maximum Gasteiger partial charge on any atom is 0.0594 e.